The number of nitrogens with one attached hydrogen (secondary N) is 1. The van der Waals surface area contributed by atoms with Gasteiger partial charge >= 0.3 is 5.97 Å². The van der Waals surface area contributed by atoms with E-state index in [1.807, 2.05) is 6.92 Å². The van der Waals surface area contributed by atoms with Gasteiger partial charge in [-0.25, -0.2) is 4.79 Å². The molecule has 4 aliphatic heterocycles. The quantitative estimate of drug-likeness (QED) is 0.0543. The molecule has 4 aliphatic rings. The second kappa shape index (κ2) is 20.9. The lowest BCUT2D eigenvalue weighted by Crippen LogP contribution is -2.65. The number of rotatable bonds is 19. The van der Waals surface area contributed by atoms with Crippen molar-refractivity contribution in [2.75, 3.05) is 39.5 Å². The first kappa shape index (κ1) is 44.6. The predicted molar refractivity (Wildman–Crippen MR) is 173 cm³/mol. The molecule has 312 valence electrons. The van der Waals surface area contributed by atoms with Crippen LogP contribution in [-0.2, 0) is 47.6 Å². The van der Waals surface area contributed by atoms with Gasteiger partial charge in [-0.05, 0) is 38.3 Å². The van der Waals surface area contributed by atoms with Crippen molar-refractivity contribution < 1.29 is 98.7 Å². The van der Waals surface area contributed by atoms with Crippen LogP contribution in [0.25, 0.3) is 0 Å². The van der Waals surface area contributed by atoms with Crippen LogP contribution in [0.3, 0.4) is 0 Å². The fourth-order valence-corrected chi connectivity index (χ4v) is 6.46. The highest BCUT2D eigenvalue weighted by molar-refractivity contribution is 6.01. The van der Waals surface area contributed by atoms with E-state index >= 15 is 0 Å². The molecule has 4 heterocycles. The van der Waals surface area contributed by atoms with Gasteiger partial charge in [0.1, 0.15) is 73.2 Å². The van der Waals surface area contributed by atoms with E-state index in [1.54, 1.807) is 0 Å². The molecule has 0 radical (unpaired) electrons. The predicted octanol–water partition coefficient (Wildman–Crippen LogP) is -6.16. The van der Waals surface area contributed by atoms with Crippen LogP contribution >= 0.6 is 0 Å². The average molecular weight is 787 g/mol. The molecule has 4 rings (SSSR count). The Balaban J connectivity index is 1.41. The molecule has 22 nitrogen and oxygen atoms in total. The van der Waals surface area contributed by atoms with Crippen molar-refractivity contribution in [3.05, 3.63) is 0 Å². The molecule has 1 unspecified atom stereocenters. The van der Waals surface area contributed by atoms with Crippen molar-refractivity contribution in [2.45, 2.75) is 138 Å². The molecule has 0 aliphatic carbocycles. The summed E-state index contributed by atoms with van der Waals surface area (Å²) in [6.07, 6.45) is -23.9. The zero-order valence-corrected chi connectivity index (χ0v) is 29.7. The van der Waals surface area contributed by atoms with Gasteiger partial charge in [0.15, 0.2) is 18.9 Å². The molecule has 0 saturated carbocycles. The van der Waals surface area contributed by atoms with Crippen molar-refractivity contribution in [2.24, 2.45) is 5.92 Å². The zero-order valence-electron chi connectivity index (χ0n) is 29.7. The fourth-order valence-electron chi connectivity index (χ4n) is 6.46. The molecule has 0 aromatic heterocycles. The van der Waals surface area contributed by atoms with Crippen LogP contribution < -0.4 is 5.32 Å². The zero-order chi connectivity index (χ0) is 39.7. The van der Waals surface area contributed by atoms with Gasteiger partial charge in [-0.2, -0.15) is 0 Å². The van der Waals surface area contributed by atoms with Crippen LogP contribution in [0.5, 0.6) is 0 Å². The minimum atomic E-state index is -1.89. The molecule has 0 aromatic carbocycles. The van der Waals surface area contributed by atoms with Gasteiger partial charge in [0.05, 0.1) is 26.4 Å². The normalized spacial score (nSPS) is 39.5. The smallest absolute Gasteiger partial charge is 0.333 e. The summed E-state index contributed by atoms with van der Waals surface area (Å²) in [6.45, 7) is 0.856. The van der Waals surface area contributed by atoms with Gasteiger partial charge in [-0.1, -0.05) is 6.92 Å². The topological polar surface area (TPSA) is 333 Å². The summed E-state index contributed by atoms with van der Waals surface area (Å²) in [4.78, 5) is 40.7. The third kappa shape index (κ3) is 11.1. The van der Waals surface area contributed by atoms with Crippen LogP contribution in [0.4, 0.5) is 0 Å². The Morgan fingerprint density at radius 1 is 0.741 bits per heavy atom. The van der Waals surface area contributed by atoms with Gasteiger partial charge in [0.2, 0.25) is 0 Å². The van der Waals surface area contributed by atoms with E-state index in [-0.39, 0.29) is 31.8 Å². The van der Waals surface area contributed by atoms with Crippen molar-refractivity contribution in [3.63, 3.8) is 0 Å². The van der Waals surface area contributed by atoms with Crippen molar-refractivity contribution in [1.29, 1.82) is 0 Å². The van der Waals surface area contributed by atoms with Gasteiger partial charge < -0.3 is 89.6 Å². The van der Waals surface area contributed by atoms with E-state index in [4.69, 9.17) is 33.3 Å². The first-order valence-electron chi connectivity index (χ1n) is 18.0. The summed E-state index contributed by atoms with van der Waals surface area (Å²) in [6, 6.07) is 0. The van der Waals surface area contributed by atoms with Crippen LogP contribution in [-0.4, -0.2) is 206 Å². The first-order valence-corrected chi connectivity index (χ1v) is 18.0. The van der Waals surface area contributed by atoms with Gasteiger partial charge in [0.25, 0.3) is 11.8 Å². The maximum atomic E-state index is 12.3. The Morgan fingerprint density at radius 3 is 1.89 bits per heavy atom. The summed E-state index contributed by atoms with van der Waals surface area (Å²) in [5.74, 6) is -2.00. The van der Waals surface area contributed by atoms with Crippen LogP contribution in [0.1, 0.15) is 45.4 Å². The molecule has 0 bridgehead atoms. The lowest BCUT2D eigenvalue weighted by molar-refractivity contribution is -0.366. The molecule has 4 saturated heterocycles. The molecule has 0 aromatic rings. The van der Waals surface area contributed by atoms with Crippen LogP contribution in [0, 0.1) is 5.92 Å². The summed E-state index contributed by atoms with van der Waals surface area (Å²) >= 11 is 0. The first-order chi connectivity index (χ1) is 25.7. The number of carbonyl (C=O) groups excluding carboxylic acids is 3. The molecule has 11 N–H and O–H groups in total. The highest BCUT2D eigenvalue weighted by Crippen LogP contribution is 2.31. The van der Waals surface area contributed by atoms with Gasteiger partial charge in [-0.3, -0.25) is 9.59 Å². The number of hydrogen-bond acceptors (Lipinski definition) is 21. The van der Waals surface area contributed by atoms with Crippen molar-refractivity contribution >= 4 is 17.8 Å². The summed E-state index contributed by atoms with van der Waals surface area (Å²) in [7, 11) is 0. The molecule has 4 fully saturated rings. The van der Waals surface area contributed by atoms with Crippen LogP contribution in [0.2, 0.25) is 0 Å². The Labute approximate surface area is 310 Å². The number of carbonyl (C=O) groups is 3. The number of aliphatic hydroxyl groups excluding tert-OH is 10. The molecule has 22 heteroatoms. The highest BCUT2D eigenvalue weighted by atomic mass is 16.8. The lowest BCUT2D eigenvalue weighted by atomic mass is 9.96. The largest absolute Gasteiger partial charge is 0.394 e. The number of aliphatic hydroxyl groups is 10. The fraction of sp³-hybridized carbons (Fsp3) is 0.906. The Bertz CT molecular complexity index is 1180. The number of amides is 2. The maximum Gasteiger partial charge on any atom is 0.333 e. The number of nitrogens with zero attached hydrogens (tertiary/aromatic N) is 1. The molecular formula is C32H54N2O20. The standard InChI is InChI=1S/C32H54N2O20/c1-2-33-10-14(4-3-5-20(39)54-34-18(37)6-7-19(34)38)8-9-48-31-28(47)29(53-32-27(46)25(44)22(41)16(12-36)51-32)23(42)17(52-31)13-49-30-26(45)24(43)21(40)15(11-35)50-30/h14-17,21-33,35-36,40-47H,2-13H2,1H3/t14?,15-,16-,17-,21-,22-,23-,24+,25+,26+,27+,28+,29+,30+,31+,32-/m1/s1. The number of ether oxygens (including phenoxy) is 6. The van der Waals surface area contributed by atoms with E-state index in [2.05, 4.69) is 5.32 Å². The maximum absolute atomic E-state index is 12.3. The molecule has 54 heavy (non-hydrogen) atoms. The molecule has 16 atom stereocenters. The second-order valence-electron chi connectivity index (χ2n) is 13.6. The lowest BCUT2D eigenvalue weighted by Gasteiger charge is -2.46. The van der Waals surface area contributed by atoms with E-state index in [9.17, 15) is 65.4 Å². The Morgan fingerprint density at radius 2 is 1.30 bits per heavy atom. The Kier molecular flexibility index (Phi) is 17.3. The minimum Gasteiger partial charge on any atom is -0.394 e. The third-order valence-corrected chi connectivity index (χ3v) is 9.74. The molecular weight excluding hydrogens is 732 g/mol. The van der Waals surface area contributed by atoms with E-state index in [0.29, 0.717) is 37.4 Å². The van der Waals surface area contributed by atoms with Gasteiger partial charge in [-0.15, -0.1) is 5.06 Å². The van der Waals surface area contributed by atoms with Gasteiger partial charge in [0, 0.05) is 19.3 Å². The SMILES string of the molecule is CCNCC(CCCC(=O)ON1C(=O)CCC1=O)CCO[C@H]1O[C@H](CO[C@H]2O[C@H](CO)[C@@H](O)[C@H](O)[C@@H]2O)[C@@H](O)[C@H](O[C@H]2O[C@H](CO)[C@@H](O)[C@H](O)[C@@H]2O)[C@@H]1O. The summed E-state index contributed by atoms with van der Waals surface area (Å²) < 4.78 is 33.7. The Hall–Kier alpha value is -2.07. The number of hydrogen-bond donors (Lipinski definition) is 11. The van der Waals surface area contributed by atoms with E-state index in [1.165, 1.54) is 0 Å². The molecule has 2 amide bonds. The van der Waals surface area contributed by atoms with Crippen molar-refractivity contribution in [3.8, 4) is 0 Å². The van der Waals surface area contributed by atoms with Crippen molar-refractivity contribution in [1.82, 2.24) is 10.4 Å². The summed E-state index contributed by atoms with van der Waals surface area (Å²) in [5.41, 5.74) is 0. The monoisotopic (exact) mass is 786 g/mol. The minimum absolute atomic E-state index is 0.0259. The highest BCUT2D eigenvalue weighted by Gasteiger charge is 2.52. The molecule has 0 spiro atoms. The van der Waals surface area contributed by atoms with Crippen LogP contribution in [0.15, 0.2) is 0 Å². The number of hydroxylamine groups is 2. The summed E-state index contributed by atoms with van der Waals surface area (Å²) in [5, 5.41) is 107. The third-order valence-electron chi connectivity index (χ3n) is 9.74. The second-order valence-corrected chi connectivity index (χ2v) is 13.6. The van der Waals surface area contributed by atoms with E-state index in [0.717, 1.165) is 0 Å². The van der Waals surface area contributed by atoms with E-state index < -0.39 is 130 Å². The average Bonchev–Trinajstić information content (AvgIpc) is 3.47. The number of imide groups is 1.